The number of rotatable bonds is 37. The molecule has 0 bridgehead atoms. The lowest BCUT2D eigenvalue weighted by molar-refractivity contribution is -0.150. The van der Waals surface area contributed by atoms with Crippen molar-refractivity contribution in [2.24, 2.45) is 23.7 Å². The van der Waals surface area contributed by atoms with Gasteiger partial charge in [0.25, 0.3) is 17.7 Å². The molecule has 7 atom stereocenters. The number of aliphatic carboxylic acids is 1. The SMILES string of the molecule is CC[C@H](C)[C@H](CC(=O)[C@H]1CCCCN1C)C(=O)N(C)[C@H](C[C@@H](OC(C)=O)c1nc(C(=O)N[C@@H](Cc2ccc(OP(=O)(O)O)c(NC(=O)CCOCCOCCOCCOCCN3C(=O)C=CC3=O)c2)CC(C)C(=O)O)cs1)C(C)C. The molecule has 26 heteroatoms. The fraction of sp³-hybridized carbons (Fsp3) is 0.648. The number of Topliss-reactive ketones (excluding diaryl/α,β-unsaturated/α-hetero) is 1. The van der Waals surface area contributed by atoms with Crippen LogP contribution in [0.5, 0.6) is 5.75 Å². The standard InChI is InChI=1S/C54H81N6O18PS/c1-9-35(4)40(31-45(62)43-12-10-11-18-58(43)7)53(67)59(8)44(34(2)3)32-47(77-37(6)61)52-57-42(33-80-52)51(66)55-39(28-36(5)54(68)69)29-38-13-14-46(78-79(70,71)72)41(30-38)56-48(63)17-20-73-22-24-75-26-27-76-25-23-74-21-19-60-49(64)15-16-50(60)65/h13-16,30,33-36,39-40,43-44,47H,9-12,17-29,31-32H2,1-8H3,(H,55,66)(H,56,63)(H,68,69)(H2,70,71,72)/t35-,36?,39+,40-,43+,44+,47+/m0/s1. The number of carbonyl (C=O) groups is 8. The van der Waals surface area contributed by atoms with Crippen LogP contribution in [0.25, 0.3) is 0 Å². The van der Waals surface area contributed by atoms with Crippen molar-refractivity contribution < 1.29 is 86.0 Å². The summed E-state index contributed by atoms with van der Waals surface area (Å²) in [5, 5.41) is 17.1. The molecule has 1 aromatic carbocycles. The Bertz CT molecular complexity index is 2470. The number of carboxylic acids is 1. The van der Waals surface area contributed by atoms with Gasteiger partial charge in [-0.15, -0.1) is 11.3 Å². The molecule has 0 radical (unpaired) electrons. The van der Waals surface area contributed by atoms with Crippen molar-refractivity contribution in [3.63, 3.8) is 0 Å². The van der Waals surface area contributed by atoms with E-state index in [0.717, 1.165) is 42.0 Å². The molecule has 1 saturated heterocycles. The van der Waals surface area contributed by atoms with Gasteiger partial charge in [0.15, 0.2) is 17.6 Å². The normalized spacial score (nSPS) is 17.1. The van der Waals surface area contributed by atoms with Crippen molar-refractivity contribution in [2.75, 3.05) is 85.4 Å². The van der Waals surface area contributed by atoms with Crippen LogP contribution in [0.15, 0.2) is 35.7 Å². The van der Waals surface area contributed by atoms with Gasteiger partial charge in [-0.2, -0.15) is 0 Å². The lowest BCUT2D eigenvalue weighted by Gasteiger charge is -2.37. The van der Waals surface area contributed by atoms with Crippen LogP contribution in [0.3, 0.4) is 0 Å². The summed E-state index contributed by atoms with van der Waals surface area (Å²) in [6.07, 6.45) is 4.86. The van der Waals surface area contributed by atoms with Crippen molar-refractivity contribution in [3.8, 4) is 5.75 Å². The lowest BCUT2D eigenvalue weighted by atomic mass is 9.83. The Balaban J connectivity index is 1.37. The molecule has 5 amide bonds. The molecule has 80 heavy (non-hydrogen) atoms. The quantitative estimate of drug-likeness (QED) is 0.0258. The number of benzene rings is 1. The highest BCUT2D eigenvalue weighted by atomic mass is 32.1. The van der Waals surface area contributed by atoms with Crippen LogP contribution in [0, 0.1) is 23.7 Å². The average Bonchev–Trinajstić information content (AvgIpc) is 4.04. The number of nitrogens with one attached hydrogen (secondary N) is 2. The van der Waals surface area contributed by atoms with Crippen molar-refractivity contribution in [1.82, 2.24) is 25.0 Å². The van der Waals surface area contributed by atoms with Crippen LogP contribution < -0.4 is 15.2 Å². The molecular weight excluding hydrogens is 1080 g/mol. The molecule has 446 valence electrons. The number of piperidine rings is 1. The van der Waals surface area contributed by atoms with Gasteiger partial charge in [0.1, 0.15) is 10.7 Å². The van der Waals surface area contributed by atoms with Crippen LogP contribution in [0.2, 0.25) is 0 Å². The van der Waals surface area contributed by atoms with Gasteiger partial charge < -0.3 is 48.8 Å². The number of likely N-dealkylation sites (tertiary alicyclic amines) is 1. The molecule has 24 nitrogen and oxygen atoms in total. The number of hydrogen-bond acceptors (Lipinski definition) is 18. The van der Waals surface area contributed by atoms with Crippen LogP contribution in [-0.4, -0.2) is 180 Å². The molecule has 2 aliphatic heterocycles. The first kappa shape index (κ1) is 67.0. The topological polar surface area (TPSA) is 316 Å². The molecule has 0 aliphatic carbocycles. The van der Waals surface area contributed by atoms with Crippen molar-refractivity contribution >= 4 is 72.1 Å². The molecule has 1 unspecified atom stereocenters. The van der Waals surface area contributed by atoms with E-state index in [4.69, 9.17) is 28.2 Å². The number of carboxylic acid groups (broad SMARTS) is 1. The van der Waals surface area contributed by atoms with E-state index in [1.807, 2.05) is 34.7 Å². The van der Waals surface area contributed by atoms with Crippen LogP contribution in [0.4, 0.5) is 5.69 Å². The van der Waals surface area contributed by atoms with E-state index in [2.05, 4.69) is 20.5 Å². The van der Waals surface area contributed by atoms with E-state index in [-0.39, 0.29) is 155 Å². The van der Waals surface area contributed by atoms with Gasteiger partial charge in [-0.25, -0.2) is 9.55 Å². The van der Waals surface area contributed by atoms with Gasteiger partial charge in [0.2, 0.25) is 11.8 Å². The van der Waals surface area contributed by atoms with Crippen LogP contribution in [-0.2, 0) is 68.2 Å². The third-order valence-electron chi connectivity index (χ3n) is 14.0. The predicted molar refractivity (Wildman–Crippen MR) is 293 cm³/mol. The molecule has 1 aromatic heterocycles. The smallest absolute Gasteiger partial charge is 0.481 e. The molecule has 5 N–H and O–H groups in total. The number of ether oxygens (including phenoxy) is 5. The summed E-state index contributed by atoms with van der Waals surface area (Å²) in [5.41, 5.74) is 0.260. The number of amides is 5. The van der Waals surface area contributed by atoms with Gasteiger partial charge in [-0.05, 0) is 68.8 Å². The minimum Gasteiger partial charge on any atom is -0.481 e. The first-order valence-corrected chi connectivity index (χ1v) is 29.5. The zero-order chi connectivity index (χ0) is 59.1. The van der Waals surface area contributed by atoms with E-state index in [9.17, 15) is 57.8 Å². The zero-order valence-electron chi connectivity index (χ0n) is 47.1. The van der Waals surface area contributed by atoms with Crippen LogP contribution >= 0.6 is 19.2 Å². The summed E-state index contributed by atoms with van der Waals surface area (Å²) < 4.78 is 44.4. The Morgan fingerprint density at radius 1 is 0.900 bits per heavy atom. The average molecular weight is 1170 g/mol. The Kier molecular flexibility index (Phi) is 28.0. The molecular formula is C54H81N6O18PS. The number of phosphoric ester groups is 1. The summed E-state index contributed by atoms with van der Waals surface area (Å²) >= 11 is 1.07. The molecule has 4 rings (SSSR count). The summed E-state index contributed by atoms with van der Waals surface area (Å²) in [7, 11) is -1.47. The Morgan fingerprint density at radius 3 is 2.10 bits per heavy atom. The van der Waals surface area contributed by atoms with Crippen molar-refractivity contribution in [2.45, 2.75) is 124 Å². The highest BCUT2D eigenvalue weighted by Gasteiger charge is 2.38. The van der Waals surface area contributed by atoms with Crippen molar-refractivity contribution in [1.29, 1.82) is 0 Å². The monoisotopic (exact) mass is 1160 g/mol. The number of imide groups is 1. The lowest BCUT2D eigenvalue weighted by Crippen LogP contribution is -2.48. The van der Waals surface area contributed by atoms with E-state index in [0.29, 0.717) is 12.0 Å². The Hall–Kier alpha value is -5.50. The number of ketones is 1. The van der Waals surface area contributed by atoms with E-state index < -0.39 is 61.6 Å². The van der Waals surface area contributed by atoms with Gasteiger partial charge in [-0.3, -0.25) is 57.9 Å². The van der Waals surface area contributed by atoms with E-state index in [1.165, 1.54) is 49.6 Å². The highest BCUT2D eigenvalue weighted by molar-refractivity contribution is 7.46. The highest BCUT2D eigenvalue weighted by Crippen LogP contribution is 2.42. The minimum atomic E-state index is -5.11. The second kappa shape index (κ2) is 33.4. The maximum atomic E-state index is 14.4. The minimum absolute atomic E-state index is 0.0161. The number of thiazole rings is 1. The maximum Gasteiger partial charge on any atom is 0.524 e. The van der Waals surface area contributed by atoms with Gasteiger partial charge in [-0.1, -0.05) is 53.5 Å². The summed E-state index contributed by atoms with van der Waals surface area (Å²) in [5.74, 6) is -5.96. The molecule has 2 aromatic rings. The second-order valence-corrected chi connectivity index (χ2v) is 22.5. The molecule has 0 spiro atoms. The zero-order valence-corrected chi connectivity index (χ0v) is 48.8. The third kappa shape index (κ3) is 22.4. The number of anilines is 1. The number of phosphoric acid groups is 1. The molecule has 3 heterocycles. The third-order valence-corrected chi connectivity index (χ3v) is 15.4. The van der Waals surface area contributed by atoms with Gasteiger partial charge in [0.05, 0.1) is 83.5 Å². The van der Waals surface area contributed by atoms with Gasteiger partial charge >= 0.3 is 19.8 Å². The number of esters is 1. The number of likely N-dealkylation sites (N-methyl/N-ethyl adjacent to an activating group) is 1. The summed E-state index contributed by atoms with van der Waals surface area (Å²) in [6.45, 7) is 13.1. The number of carbonyl (C=O) groups excluding carboxylic acids is 7. The molecule has 2 aliphatic rings. The fourth-order valence-electron chi connectivity index (χ4n) is 9.33. The van der Waals surface area contributed by atoms with Crippen LogP contribution in [0.1, 0.15) is 120 Å². The van der Waals surface area contributed by atoms with Crippen molar-refractivity contribution in [3.05, 3.63) is 52.0 Å². The first-order chi connectivity index (χ1) is 37.9. The largest absolute Gasteiger partial charge is 0.524 e. The fourth-order valence-corrected chi connectivity index (χ4v) is 10.6. The molecule has 1 fully saturated rings. The summed E-state index contributed by atoms with van der Waals surface area (Å²) in [4.78, 5) is 132. The maximum absolute atomic E-state index is 14.4. The number of nitrogens with zero attached hydrogens (tertiary/aromatic N) is 4. The van der Waals surface area contributed by atoms with E-state index >= 15 is 0 Å². The molecule has 0 saturated carbocycles. The number of hydrogen-bond donors (Lipinski definition) is 5. The first-order valence-electron chi connectivity index (χ1n) is 27.1. The second-order valence-electron chi connectivity index (χ2n) is 20.5. The summed E-state index contributed by atoms with van der Waals surface area (Å²) in [6, 6.07) is 2.50. The van der Waals surface area contributed by atoms with Gasteiger partial charge in [0, 0.05) is 62.3 Å². The number of aromatic nitrogens is 1. The Morgan fingerprint density at radius 2 is 1.52 bits per heavy atom. The Labute approximate surface area is 471 Å². The van der Waals surface area contributed by atoms with E-state index in [1.54, 1.807) is 11.9 Å². The predicted octanol–water partition coefficient (Wildman–Crippen LogP) is 4.97.